The van der Waals surface area contributed by atoms with Crippen LogP contribution in [0.25, 0.3) is 0 Å². The predicted molar refractivity (Wildman–Crippen MR) is 78.3 cm³/mol. The number of thiophene rings is 1. The third-order valence-electron chi connectivity index (χ3n) is 3.78. The molecule has 2 heterocycles. The van der Waals surface area contributed by atoms with Crippen LogP contribution in [0, 0.1) is 5.92 Å². The summed E-state index contributed by atoms with van der Waals surface area (Å²) in [5.41, 5.74) is 5.92. The summed E-state index contributed by atoms with van der Waals surface area (Å²) in [5.74, 6) is 0.884. The van der Waals surface area contributed by atoms with Crippen LogP contribution >= 0.6 is 27.3 Å². The number of likely N-dealkylation sites (tertiary alicyclic amines) is 1. The summed E-state index contributed by atoms with van der Waals surface area (Å²) in [6.07, 6.45) is 3.91. The molecule has 1 aromatic rings. The van der Waals surface area contributed by atoms with Gasteiger partial charge in [-0.3, -0.25) is 4.90 Å². The smallest absolute Gasteiger partial charge is 0.0331 e. The Kier molecular flexibility index (Phi) is 5.03. The van der Waals surface area contributed by atoms with Gasteiger partial charge in [0.15, 0.2) is 0 Å². The number of hydrogen-bond donors (Lipinski definition) is 1. The highest BCUT2D eigenvalue weighted by Gasteiger charge is 2.26. The van der Waals surface area contributed by atoms with Gasteiger partial charge in [0.25, 0.3) is 0 Å². The fourth-order valence-corrected chi connectivity index (χ4v) is 4.12. The lowest BCUT2D eigenvalue weighted by Crippen LogP contribution is -2.45. The predicted octanol–water partition coefficient (Wildman–Crippen LogP) is 3.46. The molecule has 2 nitrogen and oxygen atoms in total. The van der Waals surface area contributed by atoms with Crippen LogP contribution in [0.1, 0.15) is 31.1 Å². The van der Waals surface area contributed by atoms with Crippen LogP contribution < -0.4 is 5.73 Å². The van der Waals surface area contributed by atoms with E-state index in [0.717, 1.165) is 19.0 Å². The molecule has 1 fully saturated rings. The minimum Gasteiger partial charge on any atom is -0.329 e. The molecule has 1 aromatic heterocycles. The van der Waals surface area contributed by atoms with Crippen LogP contribution in [0.3, 0.4) is 0 Å². The average Bonchev–Trinajstić information content (AvgIpc) is 2.75. The van der Waals surface area contributed by atoms with Gasteiger partial charge in [-0.2, -0.15) is 0 Å². The Morgan fingerprint density at radius 2 is 2.41 bits per heavy atom. The van der Waals surface area contributed by atoms with Crippen molar-refractivity contribution in [3.8, 4) is 0 Å². The number of rotatable bonds is 4. The van der Waals surface area contributed by atoms with Crippen LogP contribution in [0.2, 0.25) is 0 Å². The number of piperidine rings is 1. The molecule has 1 aliphatic heterocycles. The first-order chi connectivity index (χ1) is 8.22. The van der Waals surface area contributed by atoms with Gasteiger partial charge in [0.2, 0.25) is 0 Å². The molecule has 0 bridgehead atoms. The van der Waals surface area contributed by atoms with Crippen molar-refractivity contribution in [1.29, 1.82) is 0 Å². The largest absolute Gasteiger partial charge is 0.329 e. The van der Waals surface area contributed by atoms with Crippen LogP contribution in [0.5, 0.6) is 0 Å². The second-order valence-corrected chi connectivity index (χ2v) is 6.80. The van der Waals surface area contributed by atoms with E-state index < -0.39 is 0 Å². The first-order valence-corrected chi connectivity index (χ1v) is 8.07. The average molecular weight is 317 g/mol. The maximum atomic E-state index is 5.92. The minimum absolute atomic E-state index is 0.578. The molecule has 1 aliphatic rings. The first-order valence-electron chi connectivity index (χ1n) is 6.40. The van der Waals surface area contributed by atoms with E-state index in [2.05, 4.69) is 39.2 Å². The van der Waals surface area contributed by atoms with Gasteiger partial charge in [0.05, 0.1) is 0 Å². The summed E-state index contributed by atoms with van der Waals surface area (Å²) < 4.78 is 1.20. The van der Waals surface area contributed by atoms with Crippen molar-refractivity contribution in [2.24, 2.45) is 11.7 Å². The van der Waals surface area contributed by atoms with Crippen molar-refractivity contribution in [1.82, 2.24) is 4.90 Å². The zero-order chi connectivity index (χ0) is 12.3. The maximum Gasteiger partial charge on any atom is 0.0331 e. The fraction of sp³-hybridized carbons (Fsp3) is 0.692. The van der Waals surface area contributed by atoms with Gasteiger partial charge in [-0.1, -0.05) is 13.3 Å². The molecule has 0 amide bonds. The van der Waals surface area contributed by atoms with Gasteiger partial charge in [-0.15, -0.1) is 11.3 Å². The molecule has 2 unspecified atom stereocenters. The van der Waals surface area contributed by atoms with Gasteiger partial charge in [-0.25, -0.2) is 0 Å². The zero-order valence-corrected chi connectivity index (χ0v) is 12.8. The molecule has 0 radical (unpaired) electrons. The van der Waals surface area contributed by atoms with Crippen LogP contribution in [0.15, 0.2) is 15.9 Å². The highest BCUT2D eigenvalue weighted by atomic mass is 79.9. The number of halogens is 1. The second kappa shape index (κ2) is 6.32. The summed E-state index contributed by atoms with van der Waals surface area (Å²) in [6, 6.07) is 2.80. The molecule has 1 saturated heterocycles. The fourth-order valence-electron chi connectivity index (χ4n) is 2.64. The molecule has 2 N–H and O–H groups in total. The lowest BCUT2D eigenvalue weighted by molar-refractivity contribution is 0.108. The number of nitrogens with two attached hydrogens (primary N) is 1. The zero-order valence-electron chi connectivity index (χ0n) is 10.4. The molecule has 96 valence electrons. The first kappa shape index (κ1) is 13.5. The van der Waals surface area contributed by atoms with E-state index in [0.29, 0.717) is 6.04 Å². The SMILES string of the molecule is CCC1CCN(Cc2cc(Br)cs2)C(CN)C1. The third kappa shape index (κ3) is 3.53. The van der Waals surface area contributed by atoms with Crippen molar-refractivity contribution in [3.63, 3.8) is 0 Å². The van der Waals surface area contributed by atoms with E-state index >= 15 is 0 Å². The normalized spacial score (nSPS) is 26.3. The summed E-state index contributed by atoms with van der Waals surface area (Å²) >= 11 is 5.35. The lowest BCUT2D eigenvalue weighted by Gasteiger charge is -2.38. The third-order valence-corrected chi connectivity index (χ3v) is 5.46. The molecule has 2 atom stereocenters. The Bertz CT molecular complexity index is 353. The van der Waals surface area contributed by atoms with E-state index in [1.807, 2.05) is 11.3 Å². The number of nitrogens with zero attached hydrogens (tertiary/aromatic N) is 1. The Morgan fingerprint density at radius 1 is 1.59 bits per heavy atom. The van der Waals surface area contributed by atoms with E-state index in [4.69, 9.17) is 5.73 Å². The molecular weight excluding hydrogens is 296 g/mol. The van der Waals surface area contributed by atoms with E-state index in [1.54, 1.807) is 0 Å². The summed E-state index contributed by atoms with van der Waals surface area (Å²) in [4.78, 5) is 4.00. The summed E-state index contributed by atoms with van der Waals surface area (Å²) in [6.45, 7) is 5.36. The van der Waals surface area contributed by atoms with Crippen LogP contribution in [0.4, 0.5) is 0 Å². The summed E-state index contributed by atoms with van der Waals surface area (Å²) in [7, 11) is 0. The van der Waals surface area contributed by atoms with Crippen LogP contribution in [-0.4, -0.2) is 24.0 Å². The van der Waals surface area contributed by atoms with Gasteiger partial charge < -0.3 is 5.73 Å². The van der Waals surface area contributed by atoms with Crippen molar-refractivity contribution < 1.29 is 0 Å². The Labute approximate surface area is 116 Å². The quantitative estimate of drug-likeness (QED) is 0.921. The highest BCUT2D eigenvalue weighted by Crippen LogP contribution is 2.28. The van der Waals surface area contributed by atoms with Gasteiger partial charge in [0.1, 0.15) is 0 Å². The lowest BCUT2D eigenvalue weighted by atomic mass is 9.89. The van der Waals surface area contributed by atoms with Crippen molar-refractivity contribution >= 4 is 27.3 Å². The van der Waals surface area contributed by atoms with Crippen molar-refractivity contribution in [2.45, 2.75) is 38.8 Å². The molecule has 17 heavy (non-hydrogen) atoms. The van der Waals surface area contributed by atoms with E-state index in [1.165, 1.54) is 35.2 Å². The van der Waals surface area contributed by atoms with Crippen molar-refractivity contribution in [2.75, 3.05) is 13.1 Å². The van der Waals surface area contributed by atoms with E-state index in [-0.39, 0.29) is 0 Å². The molecule has 2 rings (SSSR count). The standard InChI is InChI=1S/C13H21BrN2S/c1-2-10-3-4-16(12(5-10)7-15)8-13-6-11(14)9-17-13/h6,9-10,12H,2-5,7-8,15H2,1H3. The Balaban J connectivity index is 1.95. The van der Waals surface area contributed by atoms with Gasteiger partial charge in [-0.05, 0) is 47.3 Å². The Hall–Kier alpha value is 0.1000. The minimum atomic E-state index is 0.578. The summed E-state index contributed by atoms with van der Waals surface area (Å²) in [5, 5.41) is 2.16. The molecule has 4 heteroatoms. The maximum absolute atomic E-state index is 5.92. The van der Waals surface area contributed by atoms with Crippen molar-refractivity contribution in [3.05, 3.63) is 20.8 Å². The van der Waals surface area contributed by atoms with Crippen LogP contribution in [-0.2, 0) is 6.54 Å². The molecular formula is C13H21BrN2S. The van der Waals surface area contributed by atoms with E-state index in [9.17, 15) is 0 Å². The molecule has 0 saturated carbocycles. The monoisotopic (exact) mass is 316 g/mol. The molecule has 0 spiro atoms. The molecule has 0 aliphatic carbocycles. The molecule has 0 aromatic carbocycles. The number of hydrogen-bond acceptors (Lipinski definition) is 3. The van der Waals surface area contributed by atoms with Gasteiger partial charge in [0, 0.05) is 33.9 Å². The highest BCUT2D eigenvalue weighted by molar-refractivity contribution is 9.10. The second-order valence-electron chi connectivity index (χ2n) is 4.89. The Morgan fingerprint density at radius 3 is 3.00 bits per heavy atom. The van der Waals surface area contributed by atoms with Gasteiger partial charge >= 0.3 is 0 Å². The topological polar surface area (TPSA) is 29.3 Å².